The van der Waals surface area contributed by atoms with Gasteiger partial charge in [-0.15, -0.1) is 0 Å². The Bertz CT molecular complexity index is 575. The summed E-state index contributed by atoms with van der Waals surface area (Å²) >= 11 is 0. The first kappa shape index (κ1) is 12.1. The first-order valence-electron chi connectivity index (χ1n) is 5.62. The number of nitrogens with one attached hydrogen (secondary N) is 1. The number of hydrogen-bond acceptors (Lipinski definition) is 3. The summed E-state index contributed by atoms with van der Waals surface area (Å²) in [7, 11) is 0. The van der Waals surface area contributed by atoms with Crippen LogP contribution in [0.2, 0.25) is 0 Å². The molecule has 0 spiro atoms. The van der Waals surface area contributed by atoms with Gasteiger partial charge in [-0.2, -0.15) is 5.26 Å². The lowest BCUT2D eigenvalue weighted by Crippen LogP contribution is -2.06. The Hall–Kier alpha value is -2.41. The zero-order valence-electron chi connectivity index (χ0n) is 9.73. The van der Waals surface area contributed by atoms with Crippen molar-refractivity contribution in [1.82, 2.24) is 4.98 Å². The molecular formula is C14H12FN3. The molecule has 0 aliphatic rings. The summed E-state index contributed by atoms with van der Waals surface area (Å²) in [5.41, 5.74) is 2.19. The van der Waals surface area contributed by atoms with Gasteiger partial charge in [-0.05, 0) is 30.2 Å². The molecule has 0 aliphatic carbocycles. The maximum absolute atomic E-state index is 13.0. The number of pyridine rings is 1. The van der Waals surface area contributed by atoms with Crippen LogP contribution in [-0.4, -0.2) is 11.5 Å². The van der Waals surface area contributed by atoms with Crippen LogP contribution >= 0.6 is 0 Å². The van der Waals surface area contributed by atoms with Gasteiger partial charge in [0, 0.05) is 12.7 Å². The lowest BCUT2D eigenvalue weighted by atomic mass is 10.1. The van der Waals surface area contributed by atoms with Crippen LogP contribution in [0.3, 0.4) is 0 Å². The maximum Gasteiger partial charge on any atom is 0.123 e. The quantitative estimate of drug-likeness (QED) is 0.895. The number of aromatic nitrogens is 1. The molecule has 1 aromatic heterocycles. The Morgan fingerprint density at radius 1 is 1.33 bits per heavy atom. The van der Waals surface area contributed by atoms with E-state index in [9.17, 15) is 4.39 Å². The van der Waals surface area contributed by atoms with Gasteiger partial charge in [0.25, 0.3) is 0 Å². The second-order valence-corrected chi connectivity index (χ2v) is 3.84. The molecular weight excluding hydrogens is 229 g/mol. The van der Waals surface area contributed by atoms with Crippen LogP contribution in [0.15, 0.2) is 42.7 Å². The van der Waals surface area contributed by atoms with Gasteiger partial charge in [-0.1, -0.05) is 12.1 Å². The number of hydrogen-bond donors (Lipinski definition) is 1. The number of halogens is 1. The predicted molar refractivity (Wildman–Crippen MR) is 67.5 cm³/mol. The van der Waals surface area contributed by atoms with Gasteiger partial charge in [-0.3, -0.25) is 4.98 Å². The summed E-state index contributed by atoms with van der Waals surface area (Å²) in [6.07, 6.45) is 3.89. The molecule has 0 atom stereocenters. The molecule has 0 amide bonds. The molecule has 0 saturated heterocycles. The lowest BCUT2D eigenvalue weighted by molar-refractivity contribution is 0.625. The van der Waals surface area contributed by atoms with E-state index in [1.807, 2.05) is 6.07 Å². The van der Waals surface area contributed by atoms with E-state index < -0.39 is 0 Å². The van der Waals surface area contributed by atoms with Crippen molar-refractivity contribution in [2.75, 3.05) is 11.9 Å². The highest BCUT2D eigenvalue weighted by Crippen LogP contribution is 2.12. The van der Waals surface area contributed by atoms with E-state index in [0.717, 1.165) is 5.56 Å². The number of anilines is 1. The molecule has 1 heterocycles. The topological polar surface area (TPSA) is 48.7 Å². The summed E-state index contributed by atoms with van der Waals surface area (Å²) in [6.45, 7) is 0.629. The first-order valence-corrected chi connectivity index (χ1v) is 5.62. The van der Waals surface area contributed by atoms with E-state index in [1.54, 1.807) is 24.5 Å². The van der Waals surface area contributed by atoms with Crippen molar-refractivity contribution in [1.29, 1.82) is 5.26 Å². The van der Waals surface area contributed by atoms with E-state index in [4.69, 9.17) is 5.26 Å². The van der Waals surface area contributed by atoms with Crippen molar-refractivity contribution < 1.29 is 4.39 Å². The van der Waals surface area contributed by atoms with Crippen molar-refractivity contribution in [2.24, 2.45) is 0 Å². The highest BCUT2D eigenvalue weighted by molar-refractivity contribution is 5.55. The molecule has 90 valence electrons. The van der Waals surface area contributed by atoms with Gasteiger partial charge in [0.05, 0.1) is 17.4 Å². The van der Waals surface area contributed by atoms with E-state index in [2.05, 4.69) is 16.4 Å². The first-order chi connectivity index (χ1) is 8.79. The molecule has 4 heteroatoms. The zero-order chi connectivity index (χ0) is 12.8. The van der Waals surface area contributed by atoms with Crippen molar-refractivity contribution in [3.63, 3.8) is 0 Å². The van der Waals surface area contributed by atoms with Gasteiger partial charge in [0.15, 0.2) is 0 Å². The largest absolute Gasteiger partial charge is 0.382 e. The number of nitrogens with zero attached hydrogens (tertiary/aromatic N) is 2. The molecule has 0 radical (unpaired) electrons. The van der Waals surface area contributed by atoms with E-state index in [1.165, 1.54) is 12.1 Å². The average Bonchev–Trinajstić information content (AvgIpc) is 2.39. The summed E-state index contributed by atoms with van der Waals surface area (Å²) in [5.74, 6) is -0.230. The third kappa shape index (κ3) is 3.05. The van der Waals surface area contributed by atoms with E-state index >= 15 is 0 Å². The minimum absolute atomic E-state index is 0.230. The zero-order valence-corrected chi connectivity index (χ0v) is 9.73. The standard InChI is InChI=1S/C14H12FN3/c15-13-3-1-2-11(8-13)4-7-18-14-10-17-6-5-12(14)9-16/h1-3,5-6,8,10,18H,4,7H2. The number of benzene rings is 1. The fraction of sp³-hybridized carbons (Fsp3) is 0.143. The predicted octanol–water partition coefficient (Wildman–Crippen LogP) is 2.75. The van der Waals surface area contributed by atoms with Crippen LogP contribution in [0.1, 0.15) is 11.1 Å². The smallest absolute Gasteiger partial charge is 0.123 e. The van der Waals surface area contributed by atoms with Crippen LogP contribution in [0, 0.1) is 17.1 Å². The van der Waals surface area contributed by atoms with Crippen molar-refractivity contribution in [2.45, 2.75) is 6.42 Å². The summed E-state index contributed by atoms with van der Waals surface area (Å²) < 4.78 is 13.0. The van der Waals surface area contributed by atoms with Crippen LogP contribution in [0.25, 0.3) is 0 Å². The molecule has 2 aromatic rings. The van der Waals surface area contributed by atoms with E-state index in [0.29, 0.717) is 24.2 Å². The fourth-order valence-corrected chi connectivity index (χ4v) is 1.67. The highest BCUT2D eigenvalue weighted by Gasteiger charge is 2.00. The molecule has 1 aromatic carbocycles. The van der Waals surface area contributed by atoms with Gasteiger partial charge in [-0.25, -0.2) is 4.39 Å². The van der Waals surface area contributed by atoms with E-state index in [-0.39, 0.29) is 5.82 Å². The minimum Gasteiger partial charge on any atom is -0.382 e. The molecule has 18 heavy (non-hydrogen) atoms. The lowest BCUT2D eigenvalue weighted by Gasteiger charge is -2.07. The Kier molecular flexibility index (Phi) is 3.87. The molecule has 0 fully saturated rings. The Labute approximate surface area is 105 Å². The van der Waals surface area contributed by atoms with Gasteiger partial charge in [0.2, 0.25) is 0 Å². The van der Waals surface area contributed by atoms with Crippen LogP contribution in [0.5, 0.6) is 0 Å². The second-order valence-electron chi connectivity index (χ2n) is 3.84. The summed E-state index contributed by atoms with van der Waals surface area (Å²) in [5, 5.41) is 12.0. The monoisotopic (exact) mass is 241 g/mol. The summed E-state index contributed by atoms with van der Waals surface area (Å²) in [4.78, 5) is 3.96. The van der Waals surface area contributed by atoms with Crippen LogP contribution < -0.4 is 5.32 Å². The van der Waals surface area contributed by atoms with Crippen molar-refractivity contribution in [3.05, 3.63) is 59.7 Å². The third-order valence-electron chi connectivity index (χ3n) is 2.56. The molecule has 1 N–H and O–H groups in total. The minimum atomic E-state index is -0.230. The average molecular weight is 241 g/mol. The highest BCUT2D eigenvalue weighted by atomic mass is 19.1. The molecule has 0 bridgehead atoms. The fourth-order valence-electron chi connectivity index (χ4n) is 1.67. The van der Waals surface area contributed by atoms with Crippen molar-refractivity contribution >= 4 is 5.69 Å². The molecule has 3 nitrogen and oxygen atoms in total. The number of rotatable bonds is 4. The maximum atomic E-state index is 13.0. The molecule has 0 saturated carbocycles. The molecule has 0 unspecified atom stereocenters. The SMILES string of the molecule is N#Cc1ccncc1NCCc1cccc(F)c1. The van der Waals surface area contributed by atoms with Crippen LogP contribution in [-0.2, 0) is 6.42 Å². The Morgan fingerprint density at radius 2 is 2.22 bits per heavy atom. The van der Waals surface area contributed by atoms with Crippen molar-refractivity contribution in [3.8, 4) is 6.07 Å². The Morgan fingerprint density at radius 3 is 3.00 bits per heavy atom. The molecule has 2 rings (SSSR count). The van der Waals surface area contributed by atoms with Crippen LogP contribution in [0.4, 0.5) is 10.1 Å². The second kappa shape index (κ2) is 5.78. The van der Waals surface area contributed by atoms with Gasteiger partial charge >= 0.3 is 0 Å². The summed E-state index contributed by atoms with van der Waals surface area (Å²) in [6, 6.07) is 10.2. The normalized spacial score (nSPS) is 9.78. The van der Waals surface area contributed by atoms with Gasteiger partial charge < -0.3 is 5.32 Å². The number of nitriles is 1. The third-order valence-corrected chi connectivity index (χ3v) is 2.56. The van der Waals surface area contributed by atoms with Gasteiger partial charge in [0.1, 0.15) is 11.9 Å². The Balaban J connectivity index is 1.95. The molecule has 0 aliphatic heterocycles.